The van der Waals surface area contributed by atoms with E-state index in [2.05, 4.69) is 17.2 Å². The van der Waals surface area contributed by atoms with Gasteiger partial charge in [0.2, 0.25) is 0 Å². The number of carbonyl (C=O) groups excluding carboxylic acids is 2. The van der Waals surface area contributed by atoms with Crippen LogP contribution in [0.1, 0.15) is 19.4 Å². The van der Waals surface area contributed by atoms with E-state index in [-0.39, 0.29) is 12.2 Å². The van der Waals surface area contributed by atoms with Crippen LogP contribution < -0.4 is 5.32 Å². The Bertz CT molecular complexity index is 672. The number of nitro groups is 1. The molecule has 7 nitrogen and oxygen atoms in total. The molecule has 0 bridgehead atoms. The van der Waals surface area contributed by atoms with E-state index in [1.807, 2.05) is 0 Å². The van der Waals surface area contributed by atoms with E-state index in [1.165, 1.54) is 24.3 Å². The van der Waals surface area contributed by atoms with Gasteiger partial charge in [0, 0.05) is 12.1 Å². The number of carbonyl (C=O) groups is 2. The summed E-state index contributed by atoms with van der Waals surface area (Å²) in [6.07, 6.45) is 0. The lowest BCUT2D eigenvalue weighted by atomic mass is 9.92. The Morgan fingerprint density at radius 2 is 1.95 bits per heavy atom. The van der Waals surface area contributed by atoms with Crippen LogP contribution in [0.2, 0.25) is 0 Å². The van der Waals surface area contributed by atoms with E-state index in [4.69, 9.17) is 0 Å². The lowest BCUT2D eigenvalue weighted by Crippen LogP contribution is -2.40. The summed E-state index contributed by atoms with van der Waals surface area (Å²) in [6, 6.07) is 5.00. The van der Waals surface area contributed by atoms with Crippen molar-refractivity contribution >= 4 is 17.6 Å². The molecule has 0 aromatic heterocycles. The second-order valence-corrected chi connectivity index (χ2v) is 4.68. The van der Waals surface area contributed by atoms with Gasteiger partial charge in [-0.05, 0) is 31.5 Å². The van der Waals surface area contributed by atoms with Gasteiger partial charge in [-0.15, -0.1) is 5.92 Å². The summed E-state index contributed by atoms with van der Waals surface area (Å²) in [5.41, 5.74) is -0.826. The first-order valence-corrected chi connectivity index (χ1v) is 6.19. The molecule has 1 aliphatic heterocycles. The molecule has 0 radical (unpaired) electrons. The second kappa shape index (κ2) is 5.25. The fourth-order valence-corrected chi connectivity index (χ4v) is 2.11. The lowest BCUT2D eigenvalue weighted by molar-refractivity contribution is -0.384. The lowest BCUT2D eigenvalue weighted by Gasteiger charge is -2.21. The summed E-state index contributed by atoms with van der Waals surface area (Å²) < 4.78 is 0. The molecule has 1 unspecified atom stereocenters. The van der Waals surface area contributed by atoms with Crippen LogP contribution in [0, 0.1) is 22.0 Å². The number of non-ortho nitro benzene ring substituents is 1. The van der Waals surface area contributed by atoms with Gasteiger partial charge in [-0.3, -0.25) is 19.8 Å². The number of amides is 3. The molecule has 1 aliphatic rings. The van der Waals surface area contributed by atoms with Crippen LogP contribution in [0.4, 0.5) is 10.5 Å². The Hall–Kier alpha value is -2.88. The quantitative estimate of drug-likeness (QED) is 0.393. The minimum atomic E-state index is -1.23. The molecule has 1 heterocycles. The molecule has 0 spiro atoms. The summed E-state index contributed by atoms with van der Waals surface area (Å²) >= 11 is 0. The maximum absolute atomic E-state index is 12.4. The number of urea groups is 1. The Kier molecular flexibility index (Phi) is 3.63. The highest BCUT2D eigenvalue weighted by Gasteiger charge is 2.48. The third-order valence-electron chi connectivity index (χ3n) is 3.34. The van der Waals surface area contributed by atoms with Crippen molar-refractivity contribution in [1.29, 1.82) is 0 Å². The van der Waals surface area contributed by atoms with E-state index >= 15 is 0 Å². The third-order valence-corrected chi connectivity index (χ3v) is 3.34. The summed E-state index contributed by atoms with van der Waals surface area (Å²) in [6.45, 7) is 3.20. The molecule has 1 saturated heterocycles. The third kappa shape index (κ3) is 2.43. The molecule has 1 N–H and O–H groups in total. The summed E-state index contributed by atoms with van der Waals surface area (Å²) in [5.74, 6) is 4.87. The Labute approximate surface area is 121 Å². The number of nitro benzene ring substituents is 1. The van der Waals surface area contributed by atoms with Gasteiger partial charge in [0.1, 0.15) is 5.54 Å². The molecule has 0 saturated carbocycles. The fourth-order valence-electron chi connectivity index (χ4n) is 2.11. The van der Waals surface area contributed by atoms with Crippen molar-refractivity contribution < 1.29 is 14.5 Å². The fraction of sp³-hybridized carbons (Fsp3) is 0.286. The van der Waals surface area contributed by atoms with Gasteiger partial charge < -0.3 is 5.32 Å². The molecule has 2 rings (SSSR count). The van der Waals surface area contributed by atoms with E-state index in [9.17, 15) is 19.7 Å². The van der Waals surface area contributed by atoms with E-state index < -0.39 is 22.4 Å². The van der Waals surface area contributed by atoms with Crippen molar-refractivity contribution in [3.8, 4) is 11.8 Å². The molecule has 1 aromatic rings. The van der Waals surface area contributed by atoms with Gasteiger partial charge in [-0.2, -0.15) is 0 Å². The maximum atomic E-state index is 12.4. The SMILES string of the molecule is CC#CCN1C(=O)NC(C)(c2ccc([N+](=O)[O-])cc2)C1=O. The molecule has 1 fully saturated rings. The largest absolute Gasteiger partial charge is 0.326 e. The number of benzene rings is 1. The van der Waals surface area contributed by atoms with Crippen molar-refractivity contribution in [2.75, 3.05) is 6.54 Å². The van der Waals surface area contributed by atoms with Gasteiger partial charge in [0.25, 0.3) is 11.6 Å². The maximum Gasteiger partial charge on any atom is 0.326 e. The van der Waals surface area contributed by atoms with Gasteiger partial charge in [-0.25, -0.2) is 4.79 Å². The van der Waals surface area contributed by atoms with Gasteiger partial charge >= 0.3 is 6.03 Å². The Morgan fingerprint density at radius 3 is 2.48 bits per heavy atom. The molecule has 1 aromatic carbocycles. The second-order valence-electron chi connectivity index (χ2n) is 4.68. The number of nitrogens with one attached hydrogen (secondary N) is 1. The first-order chi connectivity index (χ1) is 9.90. The number of hydrogen-bond donors (Lipinski definition) is 1. The van der Waals surface area contributed by atoms with Gasteiger partial charge in [0.15, 0.2) is 0 Å². The van der Waals surface area contributed by atoms with Gasteiger partial charge in [-0.1, -0.05) is 5.92 Å². The Balaban J connectivity index is 2.33. The number of imide groups is 1. The molecular weight excluding hydrogens is 274 g/mol. The zero-order chi connectivity index (χ0) is 15.6. The van der Waals surface area contributed by atoms with Crippen LogP contribution in [0.15, 0.2) is 24.3 Å². The van der Waals surface area contributed by atoms with Crippen molar-refractivity contribution in [3.63, 3.8) is 0 Å². The van der Waals surface area contributed by atoms with Crippen molar-refractivity contribution in [2.24, 2.45) is 0 Å². The van der Waals surface area contributed by atoms with Crippen molar-refractivity contribution in [2.45, 2.75) is 19.4 Å². The summed E-state index contributed by atoms with van der Waals surface area (Å²) in [4.78, 5) is 35.4. The molecule has 1 atom stereocenters. The molecule has 108 valence electrons. The number of rotatable bonds is 3. The van der Waals surface area contributed by atoms with Crippen LogP contribution >= 0.6 is 0 Å². The van der Waals surface area contributed by atoms with Crippen LogP contribution in [0.25, 0.3) is 0 Å². The predicted octanol–water partition coefficient (Wildman–Crippen LogP) is 1.39. The summed E-state index contributed by atoms with van der Waals surface area (Å²) in [7, 11) is 0. The zero-order valence-corrected chi connectivity index (χ0v) is 11.5. The molecule has 0 aliphatic carbocycles. The summed E-state index contributed by atoms with van der Waals surface area (Å²) in [5, 5.41) is 13.2. The minimum absolute atomic E-state index is 0.0176. The molecular formula is C14H13N3O4. The normalized spacial score (nSPS) is 20.8. The molecule has 3 amide bonds. The monoisotopic (exact) mass is 287 g/mol. The number of hydrogen-bond acceptors (Lipinski definition) is 4. The first kappa shape index (κ1) is 14.5. The highest BCUT2D eigenvalue weighted by molar-refractivity contribution is 6.07. The van der Waals surface area contributed by atoms with Gasteiger partial charge in [0.05, 0.1) is 11.5 Å². The van der Waals surface area contributed by atoms with Crippen LogP contribution in [-0.4, -0.2) is 28.3 Å². The number of nitrogens with zero attached hydrogens (tertiary/aromatic N) is 2. The van der Waals surface area contributed by atoms with Crippen LogP contribution in [0.3, 0.4) is 0 Å². The van der Waals surface area contributed by atoms with Crippen LogP contribution in [-0.2, 0) is 10.3 Å². The first-order valence-electron chi connectivity index (χ1n) is 6.19. The topological polar surface area (TPSA) is 92.6 Å². The minimum Gasteiger partial charge on any atom is -0.319 e. The van der Waals surface area contributed by atoms with Crippen molar-refractivity contribution in [3.05, 3.63) is 39.9 Å². The highest BCUT2D eigenvalue weighted by atomic mass is 16.6. The molecule has 7 heteroatoms. The Morgan fingerprint density at radius 1 is 1.33 bits per heavy atom. The predicted molar refractivity (Wildman–Crippen MR) is 74.1 cm³/mol. The van der Waals surface area contributed by atoms with E-state index in [1.54, 1.807) is 13.8 Å². The average Bonchev–Trinajstić information content (AvgIpc) is 2.68. The average molecular weight is 287 g/mol. The van der Waals surface area contributed by atoms with Crippen molar-refractivity contribution in [1.82, 2.24) is 10.2 Å². The smallest absolute Gasteiger partial charge is 0.319 e. The van der Waals surface area contributed by atoms with E-state index in [0.717, 1.165) is 4.90 Å². The molecule has 21 heavy (non-hydrogen) atoms. The van der Waals surface area contributed by atoms with Crippen LogP contribution in [0.5, 0.6) is 0 Å². The standard InChI is InChI=1S/C14H13N3O4/c1-3-4-9-16-12(18)14(2,15-13(16)19)10-5-7-11(8-6-10)17(20)21/h5-8H,9H2,1-2H3,(H,15,19). The zero-order valence-electron chi connectivity index (χ0n) is 11.5. The highest BCUT2D eigenvalue weighted by Crippen LogP contribution is 2.29. The van der Waals surface area contributed by atoms with E-state index in [0.29, 0.717) is 5.56 Å².